The lowest BCUT2D eigenvalue weighted by atomic mass is 9.49. The number of rotatable bonds is 5. The molecular formula is C27H44O3. The number of fused-ring (bicyclic) bond motifs is 5. The Morgan fingerprint density at radius 1 is 1.10 bits per heavy atom. The van der Waals surface area contributed by atoms with Gasteiger partial charge in [0.1, 0.15) is 0 Å². The van der Waals surface area contributed by atoms with Crippen molar-refractivity contribution in [2.24, 2.45) is 34.5 Å². The summed E-state index contributed by atoms with van der Waals surface area (Å²) >= 11 is 0. The van der Waals surface area contributed by atoms with Gasteiger partial charge < -0.3 is 15.3 Å². The molecule has 3 heteroatoms. The fraction of sp³-hybridized carbons (Fsp3) is 0.852. The normalized spacial score (nSPS) is 44.5. The maximum absolute atomic E-state index is 11.0. The summed E-state index contributed by atoms with van der Waals surface area (Å²) in [7, 11) is 0. The first-order valence-corrected chi connectivity index (χ1v) is 12.5. The van der Waals surface area contributed by atoms with Gasteiger partial charge in [0.15, 0.2) is 0 Å². The number of allylic oxidation sites excluding steroid dienone is 3. The number of hydrogen-bond donors (Lipinski definition) is 3. The van der Waals surface area contributed by atoms with Crippen molar-refractivity contribution < 1.29 is 15.3 Å². The molecule has 0 saturated heterocycles. The van der Waals surface area contributed by atoms with Gasteiger partial charge in [-0.05, 0) is 81.5 Å². The molecule has 0 radical (unpaired) electrons. The van der Waals surface area contributed by atoms with Crippen LogP contribution in [0.2, 0.25) is 0 Å². The fourth-order valence-corrected chi connectivity index (χ4v) is 8.08. The van der Waals surface area contributed by atoms with Crippen LogP contribution in [-0.2, 0) is 0 Å². The van der Waals surface area contributed by atoms with E-state index in [9.17, 15) is 15.3 Å². The van der Waals surface area contributed by atoms with Crippen LogP contribution in [0, 0.1) is 34.5 Å². The Labute approximate surface area is 183 Å². The summed E-state index contributed by atoms with van der Waals surface area (Å²) in [4.78, 5) is 0. The maximum atomic E-state index is 11.0. The highest BCUT2D eigenvalue weighted by molar-refractivity contribution is 5.40. The van der Waals surface area contributed by atoms with Crippen LogP contribution in [0.1, 0.15) is 92.4 Å². The van der Waals surface area contributed by atoms with Crippen molar-refractivity contribution in [3.05, 3.63) is 23.3 Å². The first-order chi connectivity index (χ1) is 14.0. The lowest BCUT2D eigenvalue weighted by molar-refractivity contribution is -0.0545. The molecule has 0 heterocycles. The third kappa shape index (κ3) is 3.63. The second-order valence-corrected chi connectivity index (χ2v) is 12.3. The third-order valence-corrected chi connectivity index (χ3v) is 9.86. The van der Waals surface area contributed by atoms with Gasteiger partial charge in [0.05, 0.1) is 17.8 Å². The summed E-state index contributed by atoms with van der Waals surface area (Å²) in [5.74, 6) is 2.51. The topological polar surface area (TPSA) is 60.7 Å². The van der Waals surface area contributed by atoms with Crippen LogP contribution in [0.3, 0.4) is 0 Å². The molecule has 0 bridgehead atoms. The first kappa shape index (κ1) is 22.6. The van der Waals surface area contributed by atoms with Gasteiger partial charge in [-0.1, -0.05) is 56.9 Å². The summed E-state index contributed by atoms with van der Waals surface area (Å²) in [6.45, 7) is 11.1. The smallest absolute Gasteiger partial charge is 0.0661 e. The van der Waals surface area contributed by atoms with Gasteiger partial charge in [-0.3, -0.25) is 0 Å². The SMILES string of the molecule is C[C@H](CCCC(C)(C)O)[C@H]1CC[C@H]2C3=CC=C4C[C@@H](O)C[C@H](O)[C@]4(C)[C@@H]3CC[C@]12C. The molecule has 0 spiro atoms. The highest BCUT2D eigenvalue weighted by Gasteiger charge is 2.58. The quantitative estimate of drug-likeness (QED) is 0.563. The summed E-state index contributed by atoms with van der Waals surface area (Å²) in [6.07, 6.45) is 13.2. The third-order valence-electron chi connectivity index (χ3n) is 9.86. The van der Waals surface area contributed by atoms with Crippen molar-refractivity contribution in [2.75, 3.05) is 0 Å². The van der Waals surface area contributed by atoms with Crippen LogP contribution in [0.15, 0.2) is 23.3 Å². The van der Waals surface area contributed by atoms with Gasteiger partial charge in [0, 0.05) is 11.8 Å². The number of aliphatic hydroxyl groups excluding tert-OH is 2. The molecule has 0 aromatic rings. The molecule has 4 aliphatic carbocycles. The Hall–Kier alpha value is -0.640. The lowest BCUT2D eigenvalue weighted by Crippen LogP contribution is -2.52. The monoisotopic (exact) mass is 416 g/mol. The van der Waals surface area contributed by atoms with Gasteiger partial charge in [0.2, 0.25) is 0 Å². The van der Waals surface area contributed by atoms with E-state index in [1.54, 1.807) is 5.57 Å². The minimum Gasteiger partial charge on any atom is -0.393 e. The van der Waals surface area contributed by atoms with Gasteiger partial charge in [-0.2, -0.15) is 0 Å². The van der Waals surface area contributed by atoms with E-state index < -0.39 is 17.8 Å². The van der Waals surface area contributed by atoms with E-state index >= 15 is 0 Å². The van der Waals surface area contributed by atoms with Crippen LogP contribution in [0.4, 0.5) is 0 Å². The number of aliphatic hydroxyl groups is 3. The zero-order chi connectivity index (χ0) is 21.9. The molecule has 3 fully saturated rings. The molecule has 3 nitrogen and oxygen atoms in total. The van der Waals surface area contributed by atoms with E-state index in [-0.39, 0.29) is 5.41 Å². The standard InChI is InChI=1S/C27H44O3/c1-17(7-6-13-25(2,3)30)21-10-11-22-20-9-8-18-15-19(28)16-24(29)27(18,5)23(20)12-14-26(21,22)4/h8-9,17,19,21-24,28-30H,6-7,10-16H2,1-5H3/t17-,19-,21-,22+,23-,24+,26-,27+/m1/s1. The highest BCUT2D eigenvalue weighted by atomic mass is 16.3. The van der Waals surface area contributed by atoms with Crippen molar-refractivity contribution in [3.63, 3.8) is 0 Å². The average Bonchev–Trinajstić information content (AvgIpc) is 2.99. The molecular weight excluding hydrogens is 372 g/mol. The molecule has 0 aromatic heterocycles. The Bertz CT molecular complexity index is 716. The van der Waals surface area contributed by atoms with E-state index in [1.807, 2.05) is 13.8 Å². The van der Waals surface area contributed by atoms with Crippen molar-refractivity contribution in [3.8, 4) is 0 Å². The highest BCUT2D eigenvalue weighted by Crippen LogP contribution is 2.66. The molecule has 4 rings (SSSR count). The average molecular weight is 417 g/mol. The molecule has 0 aliphatic heterocycles. The van der Waals surface area contributed by atoms with Gasteiger partial charge in [-0.15, -0.1) is 0 Å². The van der Waals surface area contributed by atoms with Crippen LogP contribution < -0.4 is 0 Å². The van der Waals surface area contributed by atoms with Crippen molar-refractivity contribution in [1.29, 1.82) is 0 Å². The summed E-state index contributed by atoms with van der Waals surface area (Å²) in [5, 5.41) is 31.3. The minimum atomic E-state index is -0.555. The van der Waals surface area contributed by atoms with Crippen molar-refractivity contribution in [2.45, 2.75) is 110 Å². The maximum Gasteiger partial charge on any atom is 0.0661 e. The van der Waals surface area contributed by atoms with Gasteiger partial charge in [0.25, 0.3) is 0 Å². The van der Waals surface area contributed by atoms with Gasteiger partial charge in [-0.25, -0.2) is 0 Å². The first-order valence-electron chi connectivity index (χ1n) is 12.5. The molecule has 8 atom stereocenters. The molecule has 0 amide bonds. The summed E-state index contributed by atoms with van der Waals surface area (Å²) in [5.41, 5.74) is 2.47. The molecule has 0 aromatic carbocycles. The van der Waals surface area contributed by atoms with Crippen LogP contribution >= 0.6 is 0 Å². The van der Waals surface area contributed by atoms with E-state index in [0.29, 0.717) is 29.6 Å². The summed E-state index contributed by atoms with van der Waals surface area (Å²) < 4.78 is 0. The molecule has 3 saturated carbocycles. The van der Waals surface area contributed by atoms with Gasteiger partial charge >= 0.3 is 0 Å². The number of hydrogen-bond acceptors (Lipinski definition) is 3. The van der Waals surface area contributed by atoms with E-state index in [4.69, 9.17) is 0 Å². The van der Waals surface area contributed by atoms with Crippen LogP contribution in [0.5, 0.6) is 0 Å². The zero-order valence-corrected chi connectivity index (χ0v) is 19.8. The van der Waals surface area contributed by atoms with E-state index in [0.717, 1.165) is 31.6 Å². The van der Waals surface area contributed by atoms with Crippen LogP contribution in [-0.4, -0.2) is 33.1 Å². The molecule has 30 heavy (non-hydrogen) atoms. The van der Waals surface area contributed by atoms with E-state index in [2.05, 4.69) is 32.9 Å². The largest absolute Gasteiger partial charge is 0.393 e. The molecule has 4 aliphatic rings. The molecule has 0 unspecified atom stereocenters. The fourth-order valence-electron chi connectivity index (χ4n) is 8.08. The second-order valence-electron chi connectivity index (χ2n) is 12.3. The lowest BCUT2D eigenvalue weighted by Gasteiger charge is -2.56. The Balaban J connectivity index is 1.53. The Kier molecular flexibility index (Phi) is 5.82. The predicted octanol–water partition coefficient (Wildman–Crippen LogP) is 5.39. The Morgan fingerprint density at radius 3 is 2.53 bits per heavy atom. The van der Waals surface area contributed by atoms with Crippen molar-refractivity contribution in [1.82, 2.24) is 0 Å². The molecule has 3 N–H and O–H groups in total. The zero-order valence-electron chi connectivity index (χ0n) is 19.8. The van der Waals surface area contributed by atoms with Crippen molar-refractivity contribution >= 4 is 0 Å². The predicted molar refractivity (Wildman–Crippen MR) is 122 cm³/mol. The molecule has 170 valence electrons. The minimum absolute atomic E-state index is 0.193. The van der Waals surface area contributed by atoms with Crippen LogP contribution in [0.25, 0.3) is 0 Å². The second kappa shape index (κ2) is 7.74. The summed E-state index contributed by atoms with van der Waals surface area (Å²) in [6, 6.07) is 0. The van der Waals surface area contributed by atoms with E-state index in [1.165, 1.54) is 31.3 Å². The Morgan fingerprint density at radius 2 is 1.83 bits per heavy atom.